The van der Waals surface area contributed by atoms with Gasteiger partial charge in [0, 0.05) is 18.7 Å². The highest BCUT2D eigenvalue weighted by Crippen LogP contribution is 2.10. The zero-order chi connectivity index (χ0) is 10.7. The van der Waals surface area contributed by atoms with E-state index in [1.165, 1.54) is 25.9 Å². The molecule has 0 N–H and O–H groups in total. The summed E-state index contributed by atoms with van der Waals surface area (Å²) in [5.74, 6) is 0.868. The van der Waals surface area contributed by atoms with Gasteiger partial charge in [-0.25, -0.2) is 9.97 Å². The number of likely N-dealkylation sites (tertiary alicyclic amines) is 1. The fourth-order valence-electron chi connectivity index (χ4n) is 1.96. The number of hydrogen-bond acceptors (Lipinski definition) is 3. The molecule has 0 saturated carbocycles. The van der Waals surface area contributed by atoms with Gasteiger partial charge in [-0.05, 0) is 38.9 Å². The molecule has 2 rings (SSSR count). The minimum atomic E-state index is 0.555. The number of halogens is 1. The van der Waals surface area contributed by atoms with Gasteiger partial charge in [0.15, 0.2) is 0 Å². The molecule has 0 aliphatic carbocycles. The highest BCUT2D eigenvalue weighted by Gasteiger charge is 2.11. The molecule has 0 bridgehead atoms. The quantitative estimate of drug-likeness (QED) is 0.738. The lowest BCUT2D eigenvalue weighted by molar-refractivity contribution is 0.340. The summed E-state index contributed by atoms with van der Waals surface area (Å²) in [6.45, 7) is 5.45. The van der Waals surface area contributed by atoms with Crippen LogP contribution in [0.3, 0.4) is 0 Å². The summed E-state index contributed by atoms with van der Waals surface area (Å²) in [5, 5.41) is 0.555. The number of aromatic nitrogens is 2. The molecule has 0 radical (unpaired) electrons. The van der Waals surface area contributed by atoms with Crippen molar-refractivity contribution in [1.29, 1.82) is 0 Å². The zero-order valence-corrected chi connectivity index (χ0v) is 9.80. The second-order valence-corrected chi connectivity index (χ2v) is 4.43. The number of hydrogen-bond donors (Lipinski definition) is 0. The zero-order valence-electron chi connectivity index (χ0n) is 9.04. The van der Waals surface area contributed by atoms with E-state index < -0.39 is 0 Å². The molecule has 1 aliphatic rings. The monoisotopic (exact) mass is 225 g/mol. The van der Waals surface area contributed by atoms with Crippen LogP contribution in [0.5, 0.6) is 0 Å². The van der Waals surface area contributed by atoms with Gasteiger partial charge in [0.2, 0.25) is 0 Å². The van der Waals surface area contributed by atoms with E-state index in [4.69, 9.17) is 11.6 Å². The highest BCUT2D eigenvalue weighted by molar-refractivity contribution is 6.29. The Morgan fingerprint density at radius 2 is 2.07 bits per heavy atom. The topological polar surface area (TPSA) is 29.0 Å². The maximum Gasteiger partial charge on any atom is 0.133 e. The van der Waals surface area contributed by atoms with Crippen LogP contribution in [0.15, 0.2) is 6.07 Å². The molecule has 1 aromatic heterocycles. The second-order valence-electron chi connectivity index (χ2n) is 4.05. The fraction of sp³-hybridized carbons (Fsp3) is 0.636. The van der Waals surface area contributed by atoms with Gasteiger partial charge in [-0.1, -0.05) is 11.6 Å². The molecule has 1 fully saturated rings. The van der Waals surface area contributed by atoms with Crippen LogP contribution in [0.1, 0.15) is 24.4 Å². The van der Waals surface area contributed by atoms with Gasteiger partial charge in [-0.3, -0.25) is 0 Å². The van der Waals surface area contributed by atoms with Gasteiger partial charge in [-0.2, -0.15) is 0 Å². The normalized spacial score (nSPS) is 17.2. The average Bonchev–Trinajstić information content (AvgIpc) is 2.65. The van der Waals surface area contributed by atoms with Crippen LogP contribution in [-0.2, 0) is 6.42 Å². The maximum atomic E-state index is 5.88. The molecule has 4 heteroatoms. The van der Waals surface area contributed by atoms with Crippen molar-refractivity contribution in [2.45, 2.75) is 26.2 Å². The summed E-state index contributed by atoms with van der Waals surface area (Å²) < 4.78 is 0. The first-order chi connectivity index (χ1) is 7.24. The van der Waals surface area contributed by atoms with Crippen LogP contribution in [0.4, 0.5) is 0 Å². The van der Waals surface area contributed by atoms with E-state index in [0.717, 1.165) is 24.5 Å². The molecule has 15 heavy (non-hydrogen) atoms. The van der Waals surface area contributed by atoms with Gasteiger partial charge in [0.1, 0.15) is 11.0 Å². The molecule has 1 aliphatic heterocycles. The summed E-state index contributed by atoms with van der Waals surface area (Å²) in [4.78, 5) is 11.1. The lowest BCUT2D eigenvalue weighted by Gasteiger charge is -2.13. The molecular weight excluding hydrogens is 210 g/mol. The Balaban J connectivity index is 1.92. The Hall–Kier alpha value is -0.670. The van der Waals surface area contributed by atoms with Crippen molar-refractivity contribution in [2.75, 3.05) is 19.6 Å². The molecule has 0 aromatic carbocycles. The highest BCUT2D eigenvalue weighted by atomic mass is 35.5. The van der Waals surface area contributed by atoms with E-state index in [9.17, 15) is 0 Å². The second kappa shape index (κ2) is 4.90. The number of aryl methyl sites for hydroxylation is 1. The molecule has 0 amide bonds. The van der Waals surface area contributed by atoms with Crippen LogP contribution in [0.2, 0.25) is 5.15 Å². The van der Waals surface area contributed by atoms with Gasteiger partial charge >= 0.3 is 0 Å². The molecule has 0 spiro atoms. The van der Waals surface area contributed by atoms with E-state index in [0.29, 0.717) is 5.15 Å². The van der Waals surface area contributed by atoms with Crippen LogP contribution in [0.25, 0.3) is 0 Å². The Kier molecular flexibility index (Phi) is 3.54. The van der Waals surface area contributed by atoms with E-state index in [1.807, 2.05) is 6.92 Å². The van der Waals surface area contributed by atoms with E-state index >= 15 is 0 Å². The van der Waals surface area contributed by atoms with Crippen molar-refractivity contribution in [2.24, 2.45) is 0 Å². The Morgan fingerprint density at radius 3 is 2.73 bits per heavy atom. The SMILES string of the molecule is Cc1cc(Cl)nc(CCN2CCCC2)n1. The lowest BCUT2D eigenvalue weighted by Crippen LogP contribution is -2.22. The molecule has 0 unspecified atom stereocenters. The van der Waals surface area contributed by atoms with Gasteiger partial charge in [0.05, 0.1) is 0 Å². The van der Waals surface area contributed by atoms with Gasteiger partial charge in [0.25, 0.3) is 0 Å². The van der Waals surface area contributed by atoms with E-state index in [1.54, 1.807) is 6.07 Å². The first-order valence-corrected chi connectivity index (χ1v) is 5.84. The molecular formula is C11H16ClN3. The molecule has 82 valence electrons. The van der Waals surface area contributed by atoms with Gasteiger partial charge in [-0.15, -0.1) is 0 Å². The predicted molar refractivity (Wildman–Crippen MR) is 61.2 cm³/mol. The third-order valence-electron chi connectivity index (χ3n) is 2.72. The van der Waals surface area contributed by atoms with Crippen LogP contribution in [0, 0.1) is 6.92 Å². The van der Waals surface area contributed by atoms with Gasteiger partial charge < -0.3 is 4.90 Å². The molecule has 1 aromatic rings. The summed E-state index contributed by atoms with van der Waals surface area (Å²) in [7, 11) is 0. The van der Waals surface area contributed by atoms with Crippen molar-refractivity contribution in [3.63, 3.8) is 0 Å². The van der Waals surface area contributed by atoms with Crippen LogP contribution in [-0.4, -0.2) is 34.5 Å². The summed E-state index contributed by atoms with van der Waals surface area (Å²) in [6, 6.07) is 1.79. The summed E-state index contributed by atoms with van der Waals surface area (Å²) in [6.07, 6.45) is 3.56. The van der Waals surface area contributed by atoms with Crippen LogP contribution < -0.4 is 0 Å². The summed E-state index contributed by atoms with van der Waals surface area (Å²) >= 11 is 5.88. The predicted octanol–water partition coefficient (Wildman–Crippen LogP) is 2.08. The van der Waals surface area contributed by atoms with Crippen molar-refractivity contribution in [1.82, 2.24) is 14.9 Å². The van der Waals surface area contributed by atoms with Crippen LogP contribution >= 0.6 is 11.6 Å². The summed E-state index contributed by atoms with van der Waals surface area (Å²) in [5.41, 5.74) is 0.950. The van der Waals surface area contributed by atoms with Crippen molar-refractivity contribution < 1.29 is 0 Å². The maximum absolute atomic E-state index is 5.88. The Bertz CT molecular complexity index is 314. The molecule has 2 heterocycles. The molecule has 3 nitrogen and oxygen atoms in total. The van der Waals surface area contributed by atoms with E-state index in [2.05, 4.69) is 14.9 Å². The van der Waals surface area contributed by atoms with Crippen molar-refractivity contribution >= 4 is 11.6 Å². The Labute approximate surface area is 95.5 Å². The number of nitrogens with zero attached hydrogens (tertiary/aromatic N) is 3. The third kappa shape index (κ3) is 3.14. The smallest absolute Gasteiger partial charge is 0.133 e. The molecule has 1 saturated heterocycles. The van der Waals surface area contributed by atoms with Crippen molar-refractivity contribution in [3.8, 4) is 0 Å². The lowest BCUT2D eigenvalue weighted by atomic mass is 10.3. The average molecular weight is 226 g/mol. The Morgan fingerprint density at radius 1 is 1.33 bits per heavy atom. The molecule has 0 atom stereocenters. The fourth-order valence-corrected chi connectivity index (χ4v) is 2.22. The third-order valence-corrected chi connectivity index (χ3v) is 2.91. The van der Waals surface area contributed by atoms with Crippen molar-refractivity contribution in [3.05, 3.63) is 22.7 Å². The standard InChI is InChI=1S/C11H16ClN3/c1-9-8-10(12)14-11(13-9)4-7-15-5-2-3-6-15/h8H,2-7H2,1H3. The largest absolute Gasteiger partial charge is 0.303 e. The van der Waals surface area contributed by atoms with E-state index in [-0.39, 0.29) is 0 Å². The first kappa shape index (κ1) is 10.8. The number of rotatable bonds is 3. The first-order valence-electron chi connectivity index (χ1n) is 5.46. The minimum absolute atomic E-state index is 0.555. The minimum Gasteiger partial charge on any atom is -0.303 e.